The lowest BCUT2D eigenvalue weighted by atomic mass is 9.67. The molecule has 1 saturated carbocycles. The van der Waals surface area contributed by atoms with E-state index in [1.165, 1.54) is 77.7 Å². The summed E-state index contributed by atoms with van der Waals surface area (Å²) in [5.74, 6) is 0. The van der Waals surface area contributed by atoms with Gasteiger partial charge in [-0.2, -0.15) is 0 Å². The van der Waals surface area contributed by atoms with E-state index in [0.29, 0.717) is 5.41 Å². The Kier molecular flexibility index (Phi) is 4.66. The first kappa shape index (κ1) is 12.4. The summed E-state index contributed by atoms with van der Waals surface area (Å²) >= 11 is 0. The van der Waals surface area contributed by atoms with Crippen LogP contribution in [-0.2, 0) is 0 Å². The van der Waals surface area contributed by atoms with Crippen LogP contribution >= 0.6 is 0 Å². The molecule has 0 spiro atoms. The Hall–Kier alpha value is -0.0800. The standard InChI is InChI=1S/C14H28N2/c1-2-14(7-5-8-14)13-15-9-6-12-16-10-3-4-11-16/h15H,2-13H2,1H3. The van der Waals surface area contributed by atoms with E-state index in [0.717, 1.165) is 0 Å². The van der Waals surface area contributed by atoms with Gasteiger partial charge in [-0.3, -0.25) is 0 Å². The zero-order valence-electron chi connectivity index (χ0n) is 10.9. The highest BCUT2D eigenvalue weighted by atomic mass is 15.1. The highest BCUT2D eigenvalue weighted by molar-refractivity contribution is 4.88. The van der Waals surface area contributed by atoms with Crippen molar-refractivity contribution < 1.29 is 0 Å². The fourth-order valence-electron chi connectivity index (χ4n) is 3.12. The quantitative estimate of drug-likeness (QED) is 0.669. The van der Waals surface area contributed by atoms with Crippen molar-refractivity contribution in [2.45, 2.75) is 51.9 Å². The van der Waals surface area contributed by atoms with Crippen molar-refractivity contribution in [1.29, 1.82) is 0 Å². The molecule has 1 heterocycles. The van der Waals surface area contributed by atoms with Gasteiger partial charge in [0, 0.05) is 6.54 Å². The lowest BCUT2D eigenvalue weighted by Crippen LogP contribution is -2.40. The van der Waals surface area contributed by atoms with E-state index in [2.05, 4.69) is 17.1 Å². The summed E-state index contributed by atoms with van der Waals surface area (Å²) in [7, 11) is 0. The van der Waals surface area contributed by atoms with Crippen LogP contribution in [0.1, 0.15) is 51.9 Å². The molecule has 2 aliphatic rings. The zero-order valence-corrected chi connectivity index (χ0v) is 10.9. The van der Waals surface area contributed by atoms with Crippen LogP contribution in [-0.4, -0.2) is 37.6 Å². The first-order valence-electron chi connectivity index (χ1n) is 7.28. The number of hydrogen-bond donors (Lipinski definition) is 1. The van der Waals surface area contributed by atoms with Crippen molar-refractivity contribution >= 4 is 0 Å². The molecule has 0 aromatic heterocycles. The Morgan fingerprint density at radius 3 is 2.44 bits per heavy atom. The second kappa shape index (κ2) is 6.02. The normalized spacial score (nSPS) is 24.6. The van der Waals surface area contributed by atoms with Crippen molar-refractivity contribution in [3.63, 3.8) is 0 Å². The van der Waals surface area contributed by atoms with E-state index in [1.807, 2.05) is 0 Å². The Labute approximate surface area is 101 Å². The molecule has 2 rings (SSSR count). The summed E-state index contributed by atoms with van der Waals surface area (Å²) in [4.78, 5) is 2.61. The minimum Gasteiger partial charge on any atom is -0.316 e. The summed E-state index contributed by atoms with van der Waals surface area (Å²) in [5.41, 5.74) is 0.688. The van der Waals surface area contributed by atoms with Gasteiger partial charge in [-0.15, -0.1) is 0 Å². The van der Waals surface area contributed by atoms with Gasteiger partial charge in [0.1, 0.15) is 0 Å². The molecule has 94 valence electrons. The number of nitrogens with zero attached hydrogens (tertiary/aromatic N) is 1. The van der Waals surface area contributed by atoms with Gasteiger partial charge < -0.3 is 10.2 Å². The van der Waals surface area contributed by atoms with Crippen molar-refractivity contribution in [3.05, 3.63) is 0 Å². The molecule has 0 unspecified atom stereocenters. The van der Waals surface area contributed by atoms with Gasteiger partial charge in [-0.1, -0.05) is 13.3 Å². The molecule has 1 saturated heterocycles. The highest BCUT2D eigenvalue weighted by Gasteiger charge is 2.34. The first-order chi connectivity index (χ1) is 7.85. The topological polar surface area (TPSA) is 15.3 Å². The van der Waals surface area contributed by atoms with Crippen LogP contribution in [0.25, 0.3) is 0 Å². The third-order valence-corrected chi connectivity index (χ3v) is 4.69. The van der Waals surface area contributed by atoms with E-state index in [9.17, 15) is 0 Å². The van der Waals surface area contributed by atoms with E-state index >= 15 is 0 Å². The van der Waals surface area contributed by atoms with Crippen LogP contribution in [0.15, 0.2) is 0 Å². The van der Waals surface area contributed by atoms with Crippen molar-refractivity contribution in [3.8, 4) is 0 Å². The molecule has 2 heteroatoms. The average molecular weight is 224 g/mol. The Morgan fingerprint density at radius 2 is 1.88 bits per heavy atom. The fourth-order valence-corrected chi connectivity index (χ4v) is 3.12. The molecule has 1 N–H and O–H groups in total. The molecular weight excluding hydrogens is 196 g/mol. The maximum Gasteiger partial charge on any atom is 0.000771 e. The monoisotopic (exact) mass is 224 g/mol. The minimum atomic E-state index is 0.688. The zero-order chi connectivity index (χ0) is 11.3. The Bertz CT molecular complexity index is 187. The predicted octanol–water partition coefficient (Wildman–Crippen LogP) is 2.64. The minimum absolute atomic E-state index is 0.688. The van der Waals surface area contributed by atoms with Gasteiger partial charge in [0.05, 0.1) is 0 Å². The second-order valence-electron chi connectivity index (χ2n) is 5.79. The van der Waals surface area contributed by atoms with Gasteiger partial charge in [-0.05, 0) is 70.1 Å². The molecule has 0 aromatic rings. The second-order valence-corrected chi connectivity index (χ2v) is 5.79. The molecular formula is C14H28N2. The SMILES string of the molecule is CCC1(CNCCCN2CCCC2)CCC1. The van der Waals surface area contributed by atoms with E-state index in [1.54, 1.807) is 0 Å². The summed E-state index contributed by atoms with van der Waals surface area (Å²) in [6.07, 6.45) is 9.93. The van der Waals surface area contributed by atoms with Gasteiger partial charge >= 0.3 is 0 Å². The van der Waals surface area contributed by atoms with Crippen molar-refractivity contribution in [1.82, 2.24) is 10.2 Å². The third kappa shape index (κ3) is 3.21. The lowest BCUT2D eigenvalue weighted by Gasteiger charge is -2.41. The van der Waals surface area contributed by atoms with Crippen LogP contribution in [0, 0.1) is 5.41 Å². The molecule has 2 nitrogen and oxygen atoms in total. The maximum atomic E-state index is 3.68. The summed E-state index contributed by atoms with van der Waals surface area (Å²) in [6.45, 7) is 8.84. The van der Waals surface area contributed by atoms with Gasteiger partial charge in [0.15, 0.2) is 0 Å². The summed E-state index contributed by atoms with van der Waals surface area (Å²) in [6, 6.07) is 0. The molecule has 2 fully saturated rings. The van der Waals surface area contributed by atoms with Gasteiger partial charge in [0.2, 0.25) is 0 Å². The summed E-state index contributed by atoms with van der Waals surface area (Å²) < 4.78 is 0. The van der Waals surface area contributed by atoms with Gasteiger partial charge in [0.25, 0.3) is 0 Å². The molecule has 1 aliphatic heterocycles. The van der Waals surface area contributed by atoms with Crippen molar-refractivity contribution in [2.75, 3.05) is 32.7 Å². The van der Waals surface area contributed by atoms with E-state index in [-0.39, 0.29) is 0 Å². The first-order valence-corrected chi connectivity index (χ1v) is 7.28. The fraction of sp³-hybridized carbons (Fsp3) is 1.00. The van der Waals surface area contributed by atoms with Gasteiger partial charge in [-0.25, -0.2) is 0 Å². The summed E-state index contributed by atoms with van der Waals surface area (Å²) in [5, 5.41) is 3.68. The average Bonchev–Trinajstić information content (AvgIpc) is 2.74. The van der Waals surface area contributed by atoms with Crippen LogP contribution < -0.4 is 5.32 Å². The Morgan fingerprint density at radius 1 is 1.12 bits per heavy atom. The molecule has 0 bridgehead atoms. The number of nitrogens with one attached hydrogen (secondary N) is 1. The maximum absolute atomic E-state index is 3.68. The number of hydrogen-bond acceptors (Lipinski definition) is 2. The van der Waals surface area contributed by atoms with E-state index < -0.39 is 0 Å². The number of likely N-dealkylation sites (tertiary alicyclic amines) is 1. The molecule has 0 amide bonds. The molecule has 16 heavy (non-hydrogen) atoms. The van der Waals surface area contributed by atoms with Crippen LogP contribution in [0.5, 0.6) is 0 Å². The largest absolute Gasteiger partial charge is 0.316 e. The Balaban J connectivity index is 1.48. The van der Waals surface area contributed by atoms with Crippen LogP contribution in [0.2, 0.25) is 0 Å². The molecule has 0 atom stereocenters. The molecule has 1 aliphatic carbocycles. The predicted molar refractivity (Wildman–Crippen MR) is 69.7 cm³/mol. The third-order valence-electron chi connectivity index (χ3n) is 4.69. The lowest BCUT2D eigenvalue weighted by molar-refractivity contribution is 0.124. The van der Waals surface area contributed by atoms with E-state index in [4.69, 9.17) is 0 Å². The van der Waals surface area contributed by atoms with Crippen LogP contribution in [0.3, 0.4) is 0 Å². The molecule has 0 radical (unpaired) electrons. The number of rotatable bonds is 7. The molecule has 0 aromatic carbocycles. The van der Waals surface area contributed by atoms with Crippen molar-refractivity contribution in [2.24, 2.45) is 5.41 Å². The highest BCUT2D eigenvalue weighted by Crippen LogP contribution is 2.42. The smallest absolute Gasteiger partial charge is 0.000771 e. The van der Waals surface area contributed by atoms with Crippen LogP contribution in [0.4, 0.5) is 0 Å².